The Kier molecular flexibility index (Phi) is 3.26. The summed E-state index contributed by atoms with van der Waals surface area (Å²) in [5.74, 6) is 1.35. The highest BCUT2D eigenvalue weighted by atomic mass is 14.3. The van der Waals surface area contributed by atoms with Gasteiger partial charge in [0.25, 0.3) is 0 Å². The lowest BCUT2D eigenvalue weighted by Gasteiger charge is -2.36. The maximum atomic E-state index is 4.04. The molecule has 0 aromatic heterocycles. The van der Waals surface area contributed by atoms with Gasteiger partial charge in [-0.05, 0) is 65.5 Å². The molecule has 0 spiro atoms. The molecule has 0 aliphatic heterocycles. The van der Waals surface area contributed by atoms with Crippen molar-refractivity contribution in [2.24, 2.45) is 5.92 Å². The van der Waals surface area contributed by atoms with Crippen molar-refractivity contribution in [2.75, 3.05) is 0 Å². The molecular formula is C22H22. The van der Waals surface area contributed by atoms with Crippen LogP contribution in [-0.4, -0.2) is 0 Å². The van der Waals surface area contributed by atoms with E-state index in [2.05, 4.69) is 62.1 Å². The molecule has 2 aromatic rings. The Bertz CT molecular complexity index is 804. The van der Waals surface area contributed by atoms with E-state index >= 15 is 0 Å². The molecule has 2 aromatic carbocycles. The van der Waals surface area contributed by atoms with E-state index in [1.54, 1.807) is 5.57 Å². The van der Waals surface area contributed by atoms with Gasteiger partial charge in [-0.3, -0.25) is 0 Å². The molecule has 2 unspecified atom stereocenters. The first-order chi connectivity index (χ1) is 10.8. The molecule has 0 nitrogen and oxygen atoms in total. The number of allylic oxidation sites excluding steroid dienone is 3. The summed E-state index contributed by atoms with van der Waals surface area (Å²) < 4.78 is 0. The Morgan fingerprint density at radius 1 is 1.18 bits per heavy atom. The summed E-state index contributed by atoms with van der Waals surface area (Å²) in [4.78, 5) is 0. The molecule has 2 atom stereocenters. The van der Waals surface area contributed by atoms with Gasteiger partial charge in [0.15, 0.2) is 0 Å². The van der Waals surface area contributed by atoms with E-state index in [9.17, 15) is 0 Å². The minimum Gasteiger partial charge on any atom is -0.0984 e. The van der Waals surface area contributed by atoms with Crippen molar-refractivity contribution in [1.29, 1.82) is 0 Å². The second kappa shape index (κ2) is 5.28. The molecule has 0 amide bonds. The second-order valence-electron chi connectivity index (χ2n) is 6.54. The fourth-order valence-corrected chi connectivity index (χ4v) is 4.25. The third-order valence-electron chi connectivity index (χ3n) is 5.49. The molecule has 0 radical (unpaired) electrons. The summed E-state index contributed by atoms with van der Waals surface area (Å²) in [6.07, 6.45) is 12.9. The van der Waals surface area contributed by atoms with Crippen LogP contribution in [0.2, 0.25) is 0 Å². The number of benzene rings is 2. The van der Waals surface area contributed by atoms with Gasteiger partial charge in [0.2, 0.25) is 0 Å². The van der Waals surface area contributed by atoms with Crippen LogP contribution >= 0.6 is 0 Å². The summed E-state index contributed by atoms with van der Waals surface area (Å²) >= 11 is 0. The number of rotatable bonds is 1. The number of hydrogen-bond acceptors (Lipinski definition) is 0. The lowest BCUT2D eigenvalue weighted by molar-refractivity contribution is 0.418. The molecule has 2 aliphatic rings. The zero-order chi connectivity index (χ0) is 15.1. The Morgan fingerprint density at radius 2 is 2.00 bits per heavy atom. The van der Waals surface area contributed by atoms with Crippen LogP contribution in [0.25, 0.3) is 22.9 Å². The zero-order valence-electron chi connectivity index (χ0n) is 13.2. The second-order valence-corrected chi connectivity index (χ2v) is 6.54. The van der Waals surface area contributed by atoms with Gasteiger partial charge in [-0.2, -0.15) is 0 Å². The van der Waals surface area contributed by atoms with E-state index in [4.69, 9.17) is 0 Å². The summed E-state index contributed by atoms with van der Waals surface area (Å²) in [6, 6.07) is 11.1. The van der Waals surface area contributed by atoms with E-state index in [1.165, 1.54) is 46.7 Å². The summed E-state index contributed by atoms with van der Waals surface area (Å²) in [7, 11) is 0. The standard InChI is InChI=1S/C22H22/c1-3-15-9-10-17-11-12-20-19-8-6-5-7-18(19)16(4-2)14-22(20)21(17)13-15/h3-8,11-12,14,17,21H,2,9-10,13H2,1H3/b15-3+. The lowest BCUT2D eigenvalue weighted by atomic mass is 9.68. The van der Waals surface area contributed by atoms with Crippen LogP contribution in [0.3, 0.4) is 0 Å². The Hall–Kier alpha value is -2.08. The zero-order valence-corrected chi connectivity index (χ0v) is 13.2. The van der Waals surface area contributed by atoms with Crippen LogP contribution in [0.4, 0.5) is 0 Å². The van der Waals surface area contributed by atoms with Crippen molar-refractivity contribution in [2.45, 2.75) is 32.1 Å². The van der Waals surface area contributed by atoms with Gasteiger partial charge in [0.05, 0.1) is 0 Å². The molecule has 0 heterocycles. The van der Waals surface area contributed by atoms with Crippen LogP contribution in [0.15, 0.2) is 54.6 Å². The van der Waals surface area contributed by atoms with Crippen LogP contribution in [-0.2, 0) is 0 Å². The van der Waals surface area contributed by atoms with E-state index < -0.39 is 0 Å². The van der Waals surface area contributed by atoms with Crippen molar-refractivity contribution in [3.63, 3.8) is 0 Å². The molecule has 0 bridgehead atoms. The smallest absolute Gasteiger partial charge is 0.00552 e. The largest absolute Gasteiger partial charge is 0.0984 e. The molecule has 0 heteroatoms. The van der Waals surface area contributed by atoms with Crippen LogP contribution in [0.1, 0.15) is 48.8 Å². The Balaban J connectivity index is 1.96. The minimum atomic E-state index is 0.642. The highest BCUT2D eigenvalue weighted by Gasteiger charge is 2.31. The first kappa shape index (κ1) is 13.6. The van der Waals surface area contributed by atoms with Crippen molar-refractivity contribution in [1.82, 2.24) is 0 Å². The van der Waals surface area contributed by atoms with Gasteiger partial charge in [0.1, 0.15) is 0 Å². The maximum absolute atomic E-state index is 4.04. The van der Waals surface area contributed by atoms with Crippen molar-refractivity contribution in [3.8, 4) is 0 Å². The van der Waals surface area contributed by atoms with Crippen LogP contribution < -0.4 is 0 Å². The molecule has 1 saturated carbocycles. The normalized spacial score (nSPS) is 25.0. The highest BCUT2D eigenvalue weighted by Crippen LogP contribution is 2.47. The van der Waals surface area contributed by atoms with Gasteiger partial charge < -0.3 is 0 Å². The molecule has 0 saturated heterocycles. The predicted octanol–water partition coefficient (Wildman–Crippen LogP) is 6.34. The Morgan fingerprint density at radius 3 is 2.77 bits per heavy atom. The van der Waals surface area contributed by atoms with Gasteiger partial charge in [-0.25, -0.2) is 0 Å². The molecular weight excluding hydrogens is 264 g/mol. The van der Waals surface area contributed by atoms with E-state index in [-0.39, 0.29) is 0 Å². The summed E-state index contributed by atoms with van der Waals surface area (Å²) in [5, 5.41) is 2.69. The van der Waals surface area contributed by atoms with Crippen LogP contribution in [0.5, 0.6) is 0 Å². The first-order valence-corrected chi connectivity index (χ1v) is 8.32. The maximum Gasteiger partial charge on any atom is -0.00552 e. The topological polar surface area (TPSA) is 0 Å². The van der Waals surface area contributed by atoms with E-state index in [0.29, 0.717) is 11.8 Å². The highest BCUT2D eigenvalue weighted by molar-refractivity contribution is 5.98. The monoisotopic (exact) mass is 286 g/mol. The van der Waals surface area contributed by atoms with Gasteiger partial charge in [-0.15, -0.1) is 0 Å². The molecule has 2 aliphatic carbocycles. The fourth-order valence-electron chi connectivity index (χ4n) is 4.25. The quantitative estimate of drug-likeness (QED) is 0.537. The average Bonchev–Trinajstić information content (AvgIpc) is 2.60. The SMILES string of the molecule is C=Cc1cc2c(c3ccccc13)C=CC1CC/C(=C\C)CC21. The van der Waals surface area contributed by atoms with E-state index in [1.807, 2.05) is 6.08 Å². The van der Waals surface area contributed by atoms with Crippen molar-refractivity contribution in [3.05, 3.63) is 71.3 Å². The van der Waals surface area contributed by atoms with Crippen molar-refractivity contribution < 1.29 is 0 Å². The van der Waals surface area contributed by atoms with Gasteiger partial charge in [-0.1, -0.05) is 66.8 Å². The minimum absolute atomic E-state index is 0.642. The van der Waals surface area contributed by atoms with Gasteiger partial charge in [0, 0.05) is 0 Å². The fraction of sp³-hybridized carbons (Fsp3) is 0.273. The molecule has 110 valence electrons. The van der Waals surface area contributed by atoms with E-state index in [0.717, 1.165) is 0 Å². The third kappa shape index (κ3) is 1.98. The molecule has 0 N–H and O–H groups in total. The average molecular weight is 286 g/mol. The molecule has 4 rings (SSSR count). The third-order valence-corrected chi connectivity index (χ3v) is 5.49. The number of fused-ring (bicyclic) bond motifs is 5. The van der Waals surface area contributed by atoms with Crippen molar-refractivity contribution >= 4 is 22.9 Å². The predicted molar refractivity (Wildman–Crippen MR) is 96.9 cm³/mol. The molecule has 1 fully saturated rings. The number of hydrogen-bond donors (Lipinski definition) is 0. The van der Waals surface area contributed by atoms with Gasteiger partial charge >= 0.3 is 0 Å². The summed E-state index contributed by atoms with van der Waals surface area (Å²) in [5.41, 5.74) is 5.85. The first-order valence-electron chi connectivity index (χ1n) is 8.32. The van der Waals surface area contributed by atoms with Crippen LogP contribution in [0, 0.1) is 5.92 Å². The summed E-state index contributed by atoms with van der Waals surface area (Å²) in [6.45, 7) is 6.22. The Labute approximate surface area is 132 Å². The molecule has 22 heavy (non-hydrogen) atoms. The lowest BCUT2D eigenvalue weighted by Crippen LogP contribution is -2.21.